The summed E-state index contributed by atoms with van der Waals surface area (Å²) >= 11 is 0. The Morgan fingerprint density at radius 2 is 2.00 bits per heavy atom. The van der Waals surface area contributed by atoms with Crippen molar-refractivity contribution < 1.29 is 8.42 Å². The molecular weight excluding hydrogens is 198 g/mol. The van der Waals surface area contributed by atoms with Crippen LogP contribution < -0.4 is 5.73 Å². The molecule has 76 valence electrons. The van der Waals surface area contributed by atoms with Gasteiger partial charge in [-0.2, -0.15) is 0 Å². The predicted octanol–water partition coefficient (Wildman–Crippen LogP) is 1.52. The van der Waals surface area contributed by atoms with Crippen molar-refractivity contribution in [3.05, 3.63) is 29.8 Å². The zero-order valence-corrected chi connectivity index (χ0v) is 8.63. The van der Waals surface area contributed by atoms with Crippen molar-refractivity contribution in [2.45, 2.75) is 18.1 Å². The van der Waals surface area contributed by atoms with E-state index in [2.05, 4.69) is 0 Å². The van der Waals surface area contributed by atoms with Crippen molar-refractivity contribution in [2.75, 3.05) is 11.5 Å². The van der Waals surface area contributed by atoms with Gasteiger partial charge in [-0.25, -0.2) is 8.42 Å². The first-order valence-corrected chi connectivity index (χ1v) is 6.39. The molecule has 0 bridgehead atoms. The van der Waals surface area contributed by atoms with Crippen LogP contribution in [-0.4, -0.2) is 14.2 Å². The second-order valence-corrected chi connectivity index (χ2v) is 5.93. The standard InChI is InChI=1S/C10H13NO2S/c11-9-5-2-1-4-8(9)10-6-3-7-14(10,12)13/h1-2,4-5,10H,3,6-7,11H2. The quantitative estimate of drug-likeness (QED) is 0.716. The summed E-state index contributed by atoms with van der Waals surface area (Å²) in [6, 6.07) is 7.21. The molecule has 0 aliphatic carbocycles. The van der Waals surface area contributed by atoms with Crippen molar-refractivity contribution in [2.24, 2.45) is 0 Å². The number of rotatable bonds is 1. The molecular formula is C10H13NO2S. The number of hydrogen-bond donors (Lipinski definition) is 1. The SMILES string of the molecule is Nc1ccccc1C1CCCS1(=O)=O. The van der Waals surface area contributed by atoms with Crippen LogP contribution in [-0.2, 0) is 9.84 Å². The fourth-order valence-electron chi connectivity index (χ4n) is 1.94. The first-order valence-electron chi connectivity index (χ1n) is 4.67. The van der Waals surface area contributed by atoms with Crippen LogP contribution >= 0.6 is 0 Å². The molecule has 0 spiro atoms. The summed E-state index contributed by atoms with van der Waals surface area (Å²) in [4.78, 5) is 0. The molecule has 1 aliphatic heterocycles. The van der Waals surface area contributed by atoms with Crippen molar-refractivity contribution in [3.8, 4) is 0 Å². The first-order chi connectivity index (χ1) is 6.61. The fourth-order valence-corrected chi connectivity index (χ4v) is 3.93. The van der Waals surface area contributed by atoms with Gasteiger partial charge < -0.3 is 5.73 Å². The van der Waals surface area contributed by atoms with E-state index in [0.717, 1.165) is 12.0 Å². The van der Waals surface area contributed by atoms with Gasteiger partial charge in [0.2, 0.25) is 0 Å². The summed E-state index contributed by atoms with van der Waals surface area (Å²) in [5.41, 5.74) is 7.11. The van der Waals surface area contributed by atoms with Crippen LogP contribution in [0.4, 0.5) is 5.69 Å². The number of hydrogen-bond acceptors (Lipinski definition) is 3. The maximum absolute atomic E-state index is 11.7. The molecule has 3 nitrogen and oxygen atoms in total. The molecule has 4 heteroatoms. The number of sulfone groups is 1. The highest BCUT2D eigenvalue weighted by atomic mass is 32.2. The average molecular weight is 211 g/mol. The van der Waals surface area contributed by atoms with Crippen molar-refractivity contribution in [1.82, 2.24) is 0 Å². The molecule has 1 heterocycles. The molecule has 1 aliphatic rings. The van der Waals surface area contributed by atoms with E-state index in [1.807, 2.05) is 18.2 Å². The highest BCUT2D eigenvalue weighted by Gasteiger charge is 2.33. The van der Waals surface area contributed by atoms with E-state index >= 15 is 0 Å². The summed E-state index contributed by atoms with van der Waals surface area (Å²) in [5, 5.41) is -0.372. The minimum atomic E-state index is -2.94. The van der Waals surface area contributed by atoms with Crippen molar-refractivity contribution in [1.29, 1.82) is 0 Å². The summed E-state index contributed by atoms with van der Waals surface area (Å²) in [6.45, 7) is 0. The monoisotopic (exact) mass is 211 g/mol. The van der Waals surface area contributed by atoms with Crippen molar-refractivity contribution >= 4 is 15.5 Å². The number of anilines is 1. The normalized spacial score (nSPS) is 25.0. The zero-order valence-electron chi connectivity index (χ0n) is 7.81. The summed E-state index contributed by atoms with van der Waals surface area (Å²) < 4.78 is 23.3. The number of para-hydroxylation sites is 1. The summed E-state index contributed by atoms with van der Waals surface area (Å²) in [7, 11) is -2.94. The topological polar surface area (TPSA) is 60.2 Å². The molecule has 1 aromatic rings. The van der Waals surface area contributed by atoms with Gasteiger partial charge in [-0.3, -0.25) is 0 Å². The Kier molecular flexibility index (Phi) is 2.23. The molecule has 1 atom stereocenters. The Hall–Kier alpha value is -1.03. The van der Waals surface area contributed by atoms with E-state index in [4.69, 9.17) is 5.73 Å². The molecule has 0 radical (unpaired) electrons. The number of nitrogen functional groups attached to an aromatic ring is 1. The van der Waals surface area contributed by atoms with Gasteiger partial charge in [0.25, 0.3) is 0 Å². The van der Waals surface area contributed by atoms with Gasteiger partial charge in [-0.1, -0.05) is 18.2 Å². The minimum absolute atomic E-state index is 0.298. The second-order valence-electron chi connectivity index (χ2n) is 3.63. The van der Waals surface area contributed by atoms with Crippen LogP contribution in [0.2, 0.25) is 0 Å². The Morgan fingerprint density at radius 1 is 1.29 bits per heavy atom. The molecule has 1 unspecified atom stereocenters. The molecule has 1 aromatic carbocycles. The Labute approximate surface area is 83.9 Å². The smallest absolute Gasteiger partial charge is 0.157 e. The molecule has 1 fully saturated rings. The highest BCUT2D eigenvalue weighted by Crippen LogP contribution is 2.36. The third-order valence-electron chi connectivity index (χ3n) is 2.67. The van der Waals surface area contributed by atoms with Gasteiger partial charge in [0.15, 0.2) is 9.84 Å². The lowest BCUT2D eigenvalue weighted by Gasteiger charge is -2.11. The lowest BCUT2D eigenvalue weighted by atomic mass is 10.1. The first kappa shape index (κ1) is 9.52. The van der Waals surface area contributed by atoms with E-state index in [-0.39, 0.29) is 5.25 Å². The lowest BCUT2D eigenvalue weighted by molar-refractivity contribution is 0.592. The van der Waals surface area contributed by atoms with Gasteiger partial charge in [0.1, 0.15) is 0 Å². The van der Waals surface area contributed by atoms with Crippen LogP contribution in [0.1, 0.15) is 23.7 Å². The van der Waals surface area contributed by atoms with E-state index in [1.165, 1.54) is 0 Å². The maximum Gasteiger partial charge on any atom is 0.157 e. The van der Waals surface area contributed by atoms with E-state index < -0.39 is 9.84 Å². The van der Waals surface area contributed by atoms with Crippen LogP contribution in [0.3, 0.4) is 0 Å². The van der Waals surface area contributed by atoms with Crippen LogP contribution in [0.25, 0.3) is 0 Å². The largest absolute Gasteiger partial charge is 0.398 e. The second kappa shape index (κ2) is 3.28. The third kappa shape index (κ3) is 1.50. The van der Waals surface area contributed by atoms with Crippen molar-refractivity contribution in [3.63, 3.8) is 0 Å². The van der Waals surface area contributed by atoms with Crippen LogP contribution in [0.5, 0.6) is 0 Å². The van der Waals surface area contributed by atoms with Crippen LogP contribution in [0.15, 0.2) is 24.3 Å². The Bertz CT molecular complexity index is 439. The molecule has 0 saturated carbocycles. The van der Waals surface area contributed by atoms with Gasteiger partial charge in [-0.05, 0) is 24.5 Å². The fraction of sp³-hybridized carbons (Fsp3) is 0.400. The van der Waals surface area contributed by atoms with Gasteiger partial charge >= 0.3 is 0 Å². The average Bonchev–Trinajstić information content (AvgIpc) is 2.46. The van der Waals surface area contributed by atoms with E-state index in [1.54, 1.807) is 6.07 Å². The zero-order chi connectivity index (χ0) is 10.2. The number of nitrogens with two attached hydrogens (primary N) is 1. The molecule has 1 saturated heterocycles. The number of benzene rings is 1. The van der Waals surface area contributed by atoms with Gasteiger partial charge in [0, 0.05) is 5.69 Å². The van der Waals surface area contributed by atoms with E-state index in [0.29, 0.717) is 17.9 Å². The Morgan fingerprint density at radius 3 is 2.57 bits per heavy atom. The lowest BCUT2D eigenvalue weighted by Crippen LogP contribution is -2.09. The molecule has 2 N–H and O–H groups in total. The third-order valence-corrected chi connectivity index (χ3v) is 4.89. The molecule has 2 rings (SSSR count). The van der Waals surface area contributed by atoms with Gasteiger partial charge in [-0.15, -0.1) is 0 Å². The molecule has 0 aromatic heterocycles. The summed E-state index contributed by atoms with van der Waals surface area (Å²) in [6.07, 6.45) is 1.46. The highest BCUT2D eigenvalue weighted by molar-refractivity contribution is 7.91. The maximum atomic E-state index is 11.7. The predicted molar refractivity (Wildman–Crippen MR) is 56.6 cm³/mol. The van der Waals surface area contributed by atoms with Gasteiger partial charge in [0.05, 0.1) is 11.0 Å². The minimum Gasteiger partial charge on any atom is -0.398 e. The van der Waals surface area contributed by atoms with Crippen LogP contribution in [0, 0.1) is 0 Å². The molecule has 14 heavy (non-hydrogen) atoms. The summed E-state index contributed by atoms with van der Waals surface area (Å²) in [5.74, 6) is 0.298. The molecule has 0 amide bonds. The van der Waals surface area contributed by atoms with E-state index in [9.17, 15) is 8.42 Å². The Balaban J connectivity index is 2.46.